The van der Waals surface area contributed by atoms with E-state index in [0.29, 0.717) is 23.7 Å². The lowest BCUT2D eigenvalue weighted by molar-refractivity contribution is -0.116. The number of aryl methyl sites for hydroxylation is 1. The van der Waals surface area contributed by atoms with E-state index in [4.69, 9.17) is 0 Å². The van der Waals surface area contributed by atoms with Gasteiger partial charge in [-0.1, -0.05) is 6.07 Å². The van der Waals surface area contributed by atoms with Crippen molar-refractivity contribution in [2.24, 2.45) is 5.92 Å². The Bertz CT molecular complexity index is 528. The van der Waals surface area contributed by atoms with E-state index in [1.807, 2.05) is 25.1 Å². The number of hydrogen-bond donors (Lipinski definition) is 3. The predicted octanol–water partition coefficient (Wildman–Crippen LogP) is 2.70. The summed E-state index contributed by atoms with van der Waals surface area (Å²) in [6.45, 7) is 5.47. The topological polar surface area (TPSA) is 70.2 Å². The van der Waals surface area contributed by atoms with Gasteiger partial charge in [0.2, 0.25) is 11.8 Å². The summed E-state index contributed by atoms with van der Waals surface area (Å²) in [4.78, 5) is 23.3. The highest BCUT2D eigenvalue weighted by atomic mass is 35.5. The number of rotatable bonds is 5. The van der Waals surface area contributed by atoms with Crippen LogP contribution in [-0.2, 0) is 9.59 Å². The fraction of sp³-hybridized carbons (Fsp3) is 0.500. The molecule has 122 valence electrons. The zero-order valence-corrected chi connectivity index (χ0v) is 13.9. The summed E-state index contributed by atoms with van der Waals surface area (Å²) in [6.07, 6.45) is 2.56. The van der Waals surface area contributed by atoms with E-state index >= 15 is 0 Å². The maximum atomic E-state index is 12.1. The third-order valence-corrected chi connectivity index (χ3v) is 3.70. The Labute approximate surface area is 137 Å². The van der Waals surface area contributed by atoms with Crippen molar-refractivity contribution in [3.63, 3.8) is 0 Å². The van der Waals surface area contributed by atoms with E-state index in [2.05, 4.69) is 16.0 Å². The Balaban J connectivity index is 0.00000242. The molecule has 1 atom stereocenters. The number of benzene rings is 1. The van der Waals surface area contributed by atoms with E-state index in [9.17, 15) is 9.59 Å². The van der Waals surface area contributed by atoms with Gasteiger partial charge in [0.25, 0.3) is 0 Å². The molecule has 1 aliphatic rings. The molecule has 1 aromatic rings. The third kappa shape index (κ3) is 5.66. The van der Waals surface area contributed by atoms with Crippen molar-refractivity contribution in [3.8, 4) is 0 Å². The maximum Gasteiger partial charge on any atom is 0.224 e. The van der Waals surface area contributed by atoms with Crippen molar-refractivity contribution < 1.29 is 9.59 Å². The molecule has 0 radical (unpaired) electrons. The maximum absolute atomic E-state index is 12.1. The Morgan fingerprint density at radius 2 is 2.05 bits per heavy atom. The van der Waals surface area contributed by atoms with Gasteiger partial charge in [0.05, 0.1) is 11.4 Å². The van der Waals surface area contributed by atoms with Crippen LogP contribution in [0.4, 0.5) is 11.4 Å². The van der Waals surface area contributed by atoms with Gasteiger partial charge in [-0.2, -0.15) is 0 Å². The molecule has 0 bridgehead atoms. The second kappa shape index (κ2) is 8.76. The SMILES string of the molecule is CC(=O)Nc1ccc(C)cc1NC(=O)CCC1CCNC1.Cl. The van der Waals surface area contributed by atoms with Gasteiger partial charge in [0, 0.05) is 13.3 Å². The van der Waals surface area contributed by atoms with Gasteiger partial charge >= 0.3 is 0 Å². The normalized spacial score (nSPS) is 16.7. The number of nitrogens with one attached hydrogen (secondary N) is 3. The Morgan fingerprint density at radius 3 is 2.68 bits per heavy atom. The number of carbonyl (C=O) groups is 2. The van der Waals surface area contributed by atoms with E-state index in [1.165, 1.54) is 6.92 Å². The Kier molecular flexibility index (Phi) is 7.35. The molecule has 0 aliphatic carbocycles. The van der Waals surface area contributed by atoms with Gasteiger partial charge in [-0.3, -0.25) is 9.59 Å². The number of anilines is 2. The van der Waals surface area contributed by atoms with Gasteiger partial charge in [-0.05, 0) is 56.5 Å². The number of halogens is 1. The van der Waals surface area contributed by atoms with E-state index in [1.54, 1.807) is 0 Å². The molecule has 6 heteroatoms. The highest BCUT2D eigenvalue weighted by Crippen LogP contribution is 2.24. The van der Waals surface area contributed by atoms with Crippen LogP contribution in [0.25, 0.3) is 0 Å². The van der Waals surface area contributed by atoms with E-state index in [0.717, 1.165) is 31.5 Å². The summed E-state index contributed by atoms with van der Waals surface area (Å²) in [6, 6.07) is 5.60. The molecule has 5 nitrogen and oxygen atoms in total. The first-order valence-corrected chi connectivity index (χ1v) is 7.43. The first-order chi connectivity index (χ1) is 10.0. The van der Waals surface area contributed by atoms with Gasteiger partial charge in [0.15, 0.2) is 0 Å². The fourth-order valence-electron chi connectivity index (χ4n) is 2.57. The minimum atomic E-state index is -0.147. The lowest BCUT2D eigenvalue weighted by atomic mass is 10.0. The summed E-state index contributed by atoms with van der Waals surface area (Å²) >= 11 is 0. The Hall–Kier alpha value is -1.59. The van der Waals surface area contributed by atoms with Crippen LogP contribution >= 0.6 is 12.4 Å². The molecule has 0 saturated carbocycles. The van der Waals surface area contributed by atoms with Crippen LogP contribution in [0, 0.1) is 12.8 Å². The highest BCUT2D eigenvalue weighted by Gasteiger charge is 2.16. The lowest BCUT2D eigenvalue weighted by Crippen LogP contribution is -2.17. The van der Waals surface area contributed by atoms with E-state index < -0.39 is 0 Å². The second-order valence-electron chi connectivity index (χ2n) is 5.68. The molecule has 1 unspecified atom stereocenters. The summed E-state index contributed by atoms with van der Waals surface area (Å²) in [5.41, 5.74) is 2.35. The molecule has 0 aromatic heterocycles. The van der Waals surface area contributed by atoms with Crippen LogP contribution < -0.4 is 16.0 Å². The molecule has 2 amide bonds. The molecule has 1 aromatic carbocycles. The van der Waals surface area contributed by atoms with Crippen LogP contribution in [-0.4, -0.2) is 24.9 Å². The molecule has 22 heavy (non-hydrogen) atoms. The number of hydrogen-bond acceptors (Lipinski definition) is 3. The van der Waals surface area contributed by atoms with Crippen LogP contribution in [0.5, 0.6) is 0 Å². The Morgan fingerprint density at radius 1 is 1.27 bits per heavy atom. The summed E-state index contributed by atoms with van der Waals surface area (Å²) in [5, 5.41) is 8.95. The minimum Gasteiger partial charge on any atom is -0.325 e. The van der Waals surface area contributed by atoms with Crippen LogP contribution in [0.15, 0.2) is 18.2 Å². The molecule has 2 rings (SSSR count). The minimum absolute atomic E-state index is 0. The molecule has 0 spiro atoms. The predicted molar refractivity (Wildman–Crippen MR) is 91.6 cm³/mol. The lowest BCUT2D eigenvalue weighted by Gasteiger charge is -2.13. The largest absolute Gasteiger partial charge is 0.325 e. The van der Waals surface area contributed by atoms with Gasteiger partial charge in [-0.25, -0.2) is 0 Å². The van der Waals surface area contributed by atoms with Gasteiger partial charge in [-0.15, -0.1) is 12.4 Å². The van der Waals surface area contributed by atoms with Crippen molar-refractivity contribution >= 4 is 35.6 Å². The number of amides is 2. The van der Waals surface area contributed by atoms with Crippen molar-refractivity contribution in [3.05, 3.63) is 23.8 Å². The standard InChI is InChI=1S/C16H23N3O2.ClH/c1-11-3-5-14(18-12(2)20)15(9-11)19-16(21)6-4-13-7-8-17-10-13;/h3,5,9,13,17H,4,6-8,10H2,1-2H3,(H,18,20)(H,19,21);1H. The smallest absolute Gasteiger partial charge is 0.224 e. The highest BCUT2D eigenvalue weighted by molar-refractivity contribution is 5.99. The first-order valence-electron chi connectivity index (χ1n) is 7.43. The van der Waals surface area contributed by atoms with Crippen molar-refractivity contribution in [2.45, 2.75) is 33.1 Å². The molecule has 1 fully saturated rings. The second-order valence-corrected chi connectivity index (χ2v) is 5.68. The monoisotopic (exact) mass is 325 g/mol. The fourth-order valence-corrected chi connectivity index (χ4v) is 2.57. The van der Waals surface area contributed by atoms with Crippen LogP contribution in [0.3, 0.4) is 0 Å². The molecule has 1 saturated heterocycles. The molecular formula is C16H24ClN3O2. The van der Waals surface area contributed by atoms with Crippen molar-refractivity contribution in [1.29, 1.82) is 0 Å². The average Bonchev–Trinajstić information content (AvgIpc) is 2.92. The van der Waals surface area contributed by atoms with Crippen LogP contribution in [0.2, 0.25) is 0 Å². The van der Waals surface area contributed by atoms with E-state index in [-0.39, 0.29) is 24.2 Å². The summed E-state index contributed by atoms with van der Waals surface area (Å²) in [5.74, 6) is 0.452. The zero-order chi connectivity index (χ0) is 15.2. The van der Waals surface area contributed by atoms with Crippen molar-refractivity contribution in [2.75, 3.05) is 23.7 Å². The third-order valence-electron chi connectivity index (χ3n) is 3.70. The zero-order valence-electron chi connectivity index (χ0n) is 13.1. The average molecular weight is 326 g/mol. The number of carbonyl (C=O) groups excluding carboxylic acids is 2. The van der Waals surface area contributed by atoms with Gasteiger partial charge < -0.3 is 16.0 Å². The summed E-state index contributed by atoms with van der Waals surface area (Å²) in [7, 11) is 0. The molecule has 1 aliphatic heterocycles. The molecule has 3 N–H and O–H groups in total. The van der Waals surface area contributed by atoms with Crippen molar-refractivity contribution in [1.82, 2.24) is 5.32 Å². The summed E-state index contributed by atoms with van der Waals surface area (Å²) < 4.78 is 0. The first kappa shape index (κ1) is 18.5. The quantitative estimate of drug-likeness (QED) is 0.779. The molecular weight excluding hydrogens is 302 g/mol. The molecule has 1 heterocycles. The van der Waals surface area contributed by atoms with Crippen LogP contribution in [0.1, 0.15) is 31.7 Å². The van der Waals surface area contributed by atoms with Gasteiger partial charge in [0.1, 0.15) is 0 Å².